The zero-order valence-electron chi connectivity index (χ0n) is 14.7. The minimum Gasteiger partial charge on any atom is -0.330 e. The first-order chi connectivity index (χ1) is 12.1. The van der Waals surface area contributed by atoms with Crippen LogP contribution < -0.4 is 5.73 Å². The molecule has 1 saturated heterocycles. The first-order valence-electron chi connectivity index (χ1n) is 9.17. The van der Waals surface area contributed by atoms with Crippen LogP contribution in [0.4, 0.5) is 0 Å². The van der Waals surface area contributed by atoms with Crippen LogP contribution in [0.15, 0.2) is 42.5 Å². The molecule has 0 spiro atoms. The van der Waals surface area contributed by atoms with Crippen molar-refractivity contribution in [2.75, 3.05) is 31.3 Å². The molecule has 3 rings (SSSR count). The first-order valence-corrected chi connectivity index (χ1v) is 11.0. The van der Waals surface area contributed by atoms with E-state index in [4.69, 9.17) is 5.73 Å². The molecule has 0 amide bonds. The monoisotopic (exact) mass is 360 g/mol. The van der Waals surface area contributed by atoms with Gasteiger partial charge in [-0.3, -0.25) is 4.90 Å². The van der Waals surface area contributed by atoms with Crippen molar-refractivity contribution in [2.45, 2.75) is 25.7 Å². The van der Waals surface area contributed by atoms with Crippen LogP contribution in [0.2, 0.25) is 0 Å². The maximum atomic E-state index is 12.6. The van der Waals surface area contributed by atoms with Crippen LogP contribution >= 0.6 is 0 Å². The Balaban J connectivity index is 1.57. The van der Waals surface area contributed by atoms with Gasteiger partial charge >= 0.3 is 0 Å². The van der Waals surface area contributed by atoms with Crippen LogP contribution in [0.5, 0.6) is 0 Å². The van der Waals surface area contributed by atoms with Gasteiger partial charge in [0, 0.05) is 0 Å². The average molecular weight is 361 g/mol. The van der Waals surface area contributed by atoms with Crippen LogP contribution in [-0.2, 0) is 16.3 Å². The van der Waals surface area contributed by atoms with Gasteiger partial charge in [0.1, 0.15) is 5.88 Å². The fourth-order valence-electron chi connectivity index (χ4n) is 3.76. The highest BCUT2D eigenvalue weighted by Crippen LogP contribution is 2.22. The summed E-state index contributed by atoms with van der Waals surface area (Å²) in [6.07, 6.45) is 3.76. The van der Waals surface area contributed by atoms with Crippen LogP contribution in [0.1, 0.15) is 24.8 Å². The lowest BCUT2D eigenvalue weighted by molar-refractivity contribution is 0.203. The summed E-state index contributed by atoms with van der Waals surface area (Å²) in [5.41, 5.74) is 6.73. The summed E-state index contributed by atoms with van der Waals surface area (Å²) >= 11 is 0. The maximum absolute atomic E-state index is 12.6. The van der Waals surface area contributed by atoms with Crippen molar-refractivity contribution in [2.24, 2.45) is 11.7 Å². The van der Waals surface area contributed by atoms with E-state index >= 15 is 0 Å². The van der Waals surface area contributed by atoms with Gasteiger partial charge in [-0.1, -0.05) is 42.5 Å². The summed E-state index contributed by atoms with van der Waals surface area (Å²) < 4.78 is 25.1. The van der Waals surface area contributed by atoms with E-state index in [0.29, 0.717) is 12.3 Å². The van der Waals surface area contributed by atoms with Crippen LogP contribution in [0.25, 0.3) is 10.8 Å². The van der Waals surface area contributed by atoms with E-state index in [9.17, 15) is 8.42 Å². The number of sulfone groups is 1. The SMILES string of the molecule is NCCC1CCN(CS(=O)(=O)CCc2cccc3ccccc23)CC1. The summed E-state index contributed by atoms with van der Waals surface area (Å²) in [6, 6.07) is 14.3. The van der Waals surface area contributed by atoms with Crippen molar-refractivity contribution in [1.82, 2.24) is 4.90 Å². The van der Waals surface area contributed by atoms with Gasteiger partial charge in [-0.05, 0) is 67.6 Å². The van der Waals surface area contributed by atoms with Crippen molar-refractivity contribution in [3.8, 4) is 0 Å². The Labute approximate surface area is 150 Å². The van der Waals surface area contributed by atoms with Crippen LogP contribution in [-0.4, -0.2) is 44.6 Å². The molecule has 1 fully saturated rings. The minimum absolute atomic E-state index is 0.188. The highest BCUT2D eigenvalue weighted by atomic mass is 32.2. The second-order valence-corrected chi connectivity index (χ2v) is 9.26. The van der Waals surface area contributed by atoms with E-state index in [1.165, 1.54) is 5.39 Å². The van der Waals surface area contributed by atoms with Crippen molar-refractivity contribution < 1.29 is 8.42 Å². The lowest BCUT2D eigenvalue weighted by Gasteiger charge is -2.31. The highest BCUT2D eigenvalue weighted by Gasteiger charge is 2.23. The van der Waals surface area contributed by atoms with Crippen LogP contribution in [0.3, 0.4) is 0 Å². The minimum atomic E-state index is -3.08. The normalized spacial score (nSPS) is 17.2. The zero-order valence-corrected chi connectivity index (χ0v) is 15.5. The molecule has 2 N–H and O–H groups in total. The number of aryl methyl sites for hydroxylation is 1. The first kappa shape index (κ1) is 18.4. The van der Waals surface area contributed by atoms with Gasteiger partial charge in [-0.25, -0.2) is 8.42 Å². The van der Waals surface area contributed by atoms with Gasteiger partial charge in [-0.15, -0.1) is 0 Å². The third kappa shape index (κ3) is 5.03. The number of piperidine rings is 1. The number of likely N-dealkylation sites (tertiary alicyclic amines) is 1. The van der Waals surface area contributed by atoms with Gasteiger partial charge in [0.05, 0.1) is 5.75 Å². The fraction of sp³-hybridized carbons (Fsp3) is 0.500. The standard InChI is InChI=1S/C20H28N2O2S/c21-12-8-17-9-13-22(14-10-17)16-25(23,24)15-11-19-6-3-5-18-4-1-2-7-20(18)19/h1-7,17H,8-16,21H2. The number of rotatable bonds is 7. The summed E-state index contributed by atoms with van der Waals surface area (Å²) in [5.74, 6) is 1.07. The summed E-state index contributed by atoms with van der Waals surface area (Å²) in [4.78, 5) is 2.09. The van der Waals surface area contributed by atoms with E-state index < -0.39 is 9.84 Å². The van der Waals surface area contributed by atoms with Gasteiger partial charge in [0.2, 0.25) is 0 Å². The molecule has 0 radical (unpaired) electrons. The third-order valence-corrected chi connectivity index (χ3v) is 6.81. The molecule has 4 nitrogen and oxygen atoms in total. The molecule has 0 bridgehead atoms. The fourth-order valence-corrected chi connectivity index (χ4v) is 5.23. The number of hydrogen-bond donors (Lipinski definition) is 1. The molecular weight excluding hydrogens is 332 g/mol. The highest BCUT2D eigenvalue weighted by molar-refractivity contribution is 7.91. The Kier molecular flexibility index (Phi) is 6.10. The molecule has 5 heteroatoms. The number of nitrogens with zero attached hydrogens (tertiary/aromatic N) is 1. The second kappa shape index (κ2) is 8.30. The molecule has 1 aliphatic rings. The Morgan fingerprint density at radius 2 is 1.76 bits per heavy atom. The number of hydrogen-bond acceptors (Lipinski definition) is 4. The summed E-state index contributed by atoms with van der Waals surface area (Å²) in [5, 5.41) is 2.32. The molecule has 0 aromatic heterocycles. The summed E-state index contributed by atoms with van der Waals surface area (Å²) in [7, 11) is -3.08. The van der Waals surface area contributed by atoms with Gasteiger partial charge in [-0.2, -0.15) is 0 Å². The maximum Gasteiger partial charge on any atom is 0.163 e. The largest absolute Gasteiger partial charge is 0.330 e. The lowest BCUT2D eigenvalue weighted by Crippen LogP contribution is -2.38. The number of nitrogens with two attached hydrogens (primary N) is 1. The second-order valence-electron chi connectivity index (χ2n) is 7.10. The quantitative estimate of drug-likeness (QED) is 0.825. The van der Waals surface area contributed by atoms with E-state index in [1.54, 1.807) is 0 Å². The number of fused-ring (bicyclic) bond motifs is 1. The molecule has 0 unspecified atom stereocenters. The molecule has 1 heterocycles. The molecule has 25 heavy (non-hydrogen) atoms. The Morgan fingerprint density at radius 3 is 2.52 bits per heavy atom. The van der Waals surface area contributed by atoms with Crippen LogP contribution in [0, 0.1) is 5.92 Å². The molecule has 1 aliphatic heterocycles. The van der Waals surface area contributed by atoms with E-state index in [-0.39, 0.29) is 11.6 Å². The van der Waals surface area contributed by atoms with E-state index in [0.717, 1.165) is 49.8 Å². The molecule has 2 aromatic rings. The molecule has 0 saturated carbocycles. The number of benzene rings is 2. The predicted molar refractivity (Wildman–Crippen MR) is 104 cm³/mol. The molecular formula is C20H28N2O2S. The molecule has 0 aliphatic carbocycles. The lowest BCUT2D eigenvalue weighted by atomic mass is 9.94. The van der Waals surface area contributed by atoms with Crippen molar-refractivity contribution in [3.05, 3.63) is 48.0 Å². The average Bonchev–Trinajstić information content (AvgIpc) is 2.62. The van der Waals surface area contributed by atoms with Crippen molar-refractivity contribution in [1.29, 1.82) is 0 Å². The Bertz CT molecular complexity index is 791. The predicted octanol–water partition coefficient (Wildman–Crippen LogP) is 2.82. The van der Waals surface area contributed by atoms with Gasteiger partial charge in [0.15, 0.2) is 9.84 Å². The molecule has 0 atom stereocenters. The summed E-state index contributed by atoms with van der Waals surface area (Å²) in [6.45, 7) is 2.48. The molecule has 136 valence electrons. The smallest absolute Gasteiger partial charge is 0.163 e. The van der Waals surface area contributed by atoms with Crippen molar-refractivity contribution >= 4 is 20.6 Å². The topological polar surface area (TPSA) is 63.4 Å². The van der Waals surface area contributed by atoms with Crippen molar-refractivity contribution in [3.63, 3.8) is 0 Å². The molecule has 2 aromatic carbocycles. The Hall–Kier alpha value is -1.43. The Morgan fingerprint density at radius 1 is 1.04 bits per heavy atom. The van der Waals surface area contributed by atoms with Gasteiger partial charge < -0.3 is 5.73 Å². The van der Waals surface area contributed by atoms with Gasteiger partial charge in [0.25, 0.3) is 0 Å². The zero-order chi connectivity index (χ0) is 17.7. The van der Waals surface area contributed by atoms with E-state index in [1.807, 2.05) is 24.3 Å². The van der Waals surface area contributed by atoms with E-state index in [2.05, 4.69) is 23.1 Å². The third-order valence-electron chi connectivity index (χ3n) is 5.22.